The molecule has 0 aliphatic heterocycles. The second-order valence-corrected chi connectivity index (χ2v) is 9.30. The van der Waals surface area contributed by atoms with Gasteiger partial charge in [-0.1, -0.05) is 84.4 Å². The Kier molecular flexibility index (Phi) is 4.15. The standard InChI is InChI=1S/C31H18ClNO/c32-22-12-9-18(10-13-22)27-17-28(33-30-25-7-3-4-8-26(25)31(34)29(27)30)20-11-14-24-21(16-20)15-19-5-1-2-6-23(19)24/h1-14,16-17H,15H2. The van der Waals surface area contributed by atoms with Gasteiger partial charge in [-0.05, 0) is 64.1 Å². The lowest BCUT2D eigenvalue weighted by molar-refractivity contribution is 0.104. The predicted molar refractivity (Wildman–Crippen MR) is 137 cm³/mol. The molecule has 2 aliphatic carbocycles. The van der Waals surface area contributed by atoms with E-state index in [4.69, 9.17) is 16.6 Å². The number of fused-ring (bicyclic) bond motifs is 6. The van der Waals surface area contributed by atoms with Gasteiger partial charge in [-0.25, -0.2) is 4.98 Å². The zero-order valence-corrected chi connectivity index (χ0v) is 18.9. The Morgan fingerprint density at radius 3 is 2.12 bits per heavy atom. The van der Waals surface area contributed by atoms with Crippen LogP contribution in [0.3, 0.4) is 0 Å². The number of hydrogen-bond donors (Lipinski definition) is 0. The molecule has 5 aromatic rings. The van der Waals surface area contributed by atoms with E-state index in [1.54, 1.807) is 0 Å². The van der Waals surface area contributed by atoms with Gasteiger partial charge in [0.25, 0.3) is 0 Å². The van der Waals surface area contributed by atoms with Crippen LogP contribution in [0.2, 0.25) is 5.02 Å². The summed E-state index contributed by atoms with van der Waals surface area (Å²) < 4.78 is 0. The minimum absolute atomic E-state index is 0.0269. The highest BCUT2D eigenvalue weighted by atomic mass is 35.5. The Hall–Kier alpha value is -4.01. The molecule has 160 valence electrons. The number of aromatic nitrogens is 1. The van der Waals surface area contributed by atoms with Gasteiger partial charge in [0.05, 0.1) is 17.0 Å². The van der Waals surface area contributed by atoms with Crippen molar-refractivity contribution < 1.29 is 4.79 Å². The van der Waals surface area contributed by atoms with Gasteiger partial charge in [0, 0.05) is 21.7 Å². The highest BCUT2D eigenvalue weighted by Crippen LogP contribution is 2.44. The maximum absolute atomic E-state index is 13.4. The smallest absolute Gasteiger partial charge is 0.196 e. The predicted octanol–water partition coefficient (Wildman–Crippen LogP) is 7.85. The molecule has 0 amide bonds. The molecule has 0 N–H and O–H groups in total. The Labute approximate surface area is 202 Å². The molecule has 1 heterocycles. The molecule has 4 aromatic carbocycles. The summed E-state index contributed by atoms with van der Waals surface area (Å²) >= 11 is 6.16. The summed E-state index contributed by atoms with van der Waals surface area (Å²) in [7, 11) is 0. The third-order valence-electron chi connectivity index (χ3n) is 6.92. The van der Waals surface area contributed by atoms with Crippen LogP contribution in [0.1, 0.15) is 27.0 Å². The number of carbonyl (C=O) groups is 1. The monoisotopic (exact) mass is 455 g/mol. The van der Waals surface area contributed by atoms with E-state index >= 15 is 0 Å². The third-order valence-corrected chi connectivity index (χ3v) is 7.17. The molecule has 0 unspecified atom stereocenters. The van der Waals surface area contributed by atoms with Crippen LogP contribution >= 0.6 is 11.6 Å². The third kappa shape index (κ3) is 2.82. The van der Waals surface area contributed by atoms with Gasteiger partial charge < -0.3 is 0 Å². The van der Waals surface area contributed by atoms with E-state index < -0.39 is 0 Å². The lowest BCUT2D eigenvalue weighted by Gasteiger charge is -2.12. The van der Waals surface area contributed by atoms with Gasteiger partial charge in [-0.15, -0.1) is 0 Å². The first-order valence-electron chi connectivity index (χ1n) is 11.3. The van der Waals surface area contributed by atoms with E-state index in [0.717, 1.165) is 40.1 Å². The second kappa shape index (κ2) is 7.24. The van der Waals surface area contributed by atoms with Crippen molar-refractivity contribution in [1.29, 1.82) is 0 Å². The number of pyridine rings is 1. The van der Waals surface area contributed by atoms with Crippen molar-refractivity contribution in [2.45, 2.75) is 6.42 Å². The molecule has 0 saturated heterocycles. The molecule has 7 rings (SSSR count). The van der Waals surface area contributed by atoms with E-state index in [2.05, 4.69) is 48.5 Å². The Balaban J connectivity index is 1.45. The van der Waals surface area contributed by atoms with Gasteiger partial charge in [0.2, 0.25) is 0 Å². The SMILES string of the molecule is O=C1c2ccccc2-c2nc(-c3ccc4c(c3)Cc3ccccc3-4)cc(-c3ccc(Cl)cc3)c21. The summed E-state index contributed by atoms with van der Waals surface area (Å²) in [4.78, 5) is 18.5. The number of carbonyl (C=O) groups excluding carboxylic acids is 1. The van der Waals surface area contributed by atoms with Crippen LogP contribution in [0.25, 0.3) is 44.8 Å². The lowest BCUT2D eigenvalue weighted by Crippen LogP contribution is -2.00. The van der Waals surface area contributed by atoms with Gasteiger partial charge >= 0.3 is 0 Å². The van der Waals surface area contributed by atoms with Crippen LogP contribution in [-0.4, -0.2) is 10.8 Å². The quantitative estimate of drug-likeness (QED) is 0.265. The molecule has 2 nitrogen and oxygen atoms in total. The first-order valence-corrected chi connectivity index (χ1v) is 11.7. The van der Waals surface area contributed by atoms with Gasteiger partial charge in [-0.2, -0.15) is 0 Å². The van der Waals surface area contributed by atoms with Crippen molar-refractivity contribution in [2.75, 3.05) is 0 Å². The van der Waals surface area contributed by atoms with Gasteiger partial charge in [0.1, 0.15) is 0 Å². The number of rotatable bonds is 2. The van der Waals surface area contributed by atoms with E-state index in [0.29, 0.717) is 16.1 Å². The van der Waals surface area contributed by atoms with Crippen molar-refractivity contribution >= 4 is 17.4 Å². The molecule has 3 heteroatoms. The highest BCUT2D eigenvalue weighted by molar-refractivity contribution is 6.30. The van der Waals surface area contributed by atoms with Crippen LogP contribution in [0.4, 0.5) is 0 Å². The largest absolute Gasteiger partial charge is 0.288 e. The normalized spacial score (nSPS) is 12.8. The Bertz CT molecular complexity index is 1650. The minimum Gasteiger partial charge on any atom is -0.288 e. The van der Waals surface area contributed by atoms with E-state index in [1.807, 2.05) is 48.5 Å². The molecule has 2 aliphatic rings. The molecule has 0 bridgehead atoms. The number of ketones is 1. The zero-order chi connectivity index (χ0) is 22.8. The Morgan fingerprint density at radius 2 is 1.29 bits per heavy atom. The average molecular weight is 456 g/mol. The van der Waals surface area contributed by atoms with E-state index in [-0.39, 0.29) is 5.78 Å². The van der Waals surface area contributed by atoms with Gasteiger partial charge in [-0.3, -0.25) is 4.79 Å². The second-order valence-electron chi connectivity index (χ2n) is 8.87. The Morgan fingerprint density at radius 1 is 0.618 bits per heavy atom. The van der Waals surface area contributed by atoms with Crippen molar-refractivity contribution in [2.24, 2.45) is 0 Å². The molecule has 34 heavy (non-hydrogen) atoms. The first-order chi connectivity index (χ1) is 16.7. The molecule has 0 atom stereocenters. The number of nitrogens with zero attached hydrogens (tertiary/aromatic N) is 1. The summed E-state index contributed by atoms with van der Waals surface area (Å²) in [6.07, 6.45) is 0.926. The maximum atomic E-state index is 13.4. The summed E-state index contributed by atoms with van der Waals surface area (Å²) in [6.45, 7) is 0. The van der Waals surface area contributed by atoms with Crippen LogP contribution in [0, 0.1) is 0 Å². The highest BCUT2D eigenvalue weighted by Gasteiger charge is 2.31. The van der Waals surface area contributed by atoms with Crippen molar-refractivity contribution in [3.8, 4) is 44.8 Å². The summed E-state index contributed by atoms with van der Waals surface area (Å²) in [6, 6.07) is 32.6. The minimum atomic E-state index is 0.0269. The van der Waals surface area contributed by atoms with E-state index in [1.165, 1.54) is 22.3 Å². The number of hydrogen-bond acceptors (Lipinski definition) is 2. The molecular formula is C31H18ClNO. The summed E-state index contributed by atoms with van der Waals surface area (Å²) in [5.41, 5.74) is 12.1. The van der Waals surface area contributed by atoms with Crippen molar-refractivity contribution in [3.05, 3.63) is 124 Å². The topological polar surface area (TPSA) is 30.0 Å². The number of benzene rings is 4. The molecule has 1 aromatic heterocycles. The van der Waals surface area contributed by atoms with Crippen molar-refractivity contribution in [1.82, 2.24) is 4.98 Å². The average Bonchev–Trinajstić information content (AvgIpc) is 3.39. The van der Waals surface area contributed by atoms with Crippen molar-refractivity contribution in [3.63, 3.8) is 0 Å². The molecule has 0 saturated carbocycles. The summed E-state index contributed by atoms with van der Waals surface area (Å²) in [5.74, 6) is 0.0269. The lowest BCUT2D eigenvalue weighted by atomic mass is 9.95. The molecular weight excluding hydrogens is 438 g/mol. The maximum Gasteiger partial charge on any atom is 0.196 e. The first kappa shape index (κ1) is 19.5. The molecule has 0 fully saturated rings. The summed E-state index contributed by atoms with van der Waals surface area (Å²) in [5, 5.41) is 0.669. The zero-order valence-electron chi connectivity index (χ0n) is 18.2. The van der Waals surface area contributed by atoms with Crippen LogP contribution in [0.15, 0.2) is 97.1 Å². The van der Waals surface area contributed by atoms with Crippen LogP contribution < -0.4 is 0 Å². The fraction of sp³-hybridized carbons (Fsp3) is 0.0323. The van der Waals surface area contributed by atoms with Crippen LogP contribution in [0.5, 0.6) is 0 Å². The van der Waals surface area contributed by atoms with Gasteiger partial charge in [0.15, 0.2) is 5.78 Å². The number of halogens is 1. The molecule has 0 spiro atoms. The van der Waals surface area contributed by atoms with Crippen LogP contribution in [-0.2, 0) is 6.42 Å². The fourth-order valence-electron chi connectivity index (χ4n) is 5.30. The fourth-order valence-corrected chi connectivity index (χ4v) is 5.43. The molecule has 0 radical (unpaired) electrons. The van der Waals surface area contributed by atoms with E-state index in [9.17, 15) is 4.79 Å².